The Kier molecular flexibility index (Phi) is 12.9. The summed E-state index contributed by atoms with van der Waals surface area (Å²) in [6.45, 7) is 11.2. The number of carboxylic acids is 1. The predicted octanol–water partition coefficient (Wildman–Crippen LogP) is 6.32. The van der Waals surface area contributed by atoms with Crippen LogP contribution in [0.3, 0.4) is 0 Å². The van der Waals surface area contributed by atoms with Crippen LogP contribution in [0.15, 0.2) is 28.9 Å². The second-order valence-corrected chi connectivity index (χ2v) is 12.2. The Morgan fingerprint density at radius 2 is 1.89 bits per heavy atom. The van der Waals surface area contributed by atoms with Crippen LogP contribution in [0.2, 0.25) is 0 Å². The van der Waals surface area contributed by atoms with Crippen molar-refractivity contribution in [2.24, 2.45) is 17.8 Å². The van der Waals surface area contributed by atoms with Crippen LogP contribution in [-0.2, 0) is 29.1 Å². The van der Waals surface area contributed by atoms with Gasteiger partial charge in [0, 0.05) is 35.5 Å². The zero-order valence-electron chi connectivity index (χ0n) is 22.6. The molecule has 0 aliphatic heterocycles. The van der Waals surface area contributed by atoms with Crippen LogP contribution >= 0.6 is 27.7 Å². The van der Waals surface area contributed by atoms with Gasteiger partial charge in [-0.1, -0.05) is 58.9 Å². The summed E-state index contributed by atoms with van der Waals surface area (Å²) < 4.78 is 2.64. The summed E-state index contributed by atoms with van der Waals surface area (Å²) in [5, 5.41) is 12.5. The normalized spacial score (nSPS) is 12.2. The lowest BCUT2D eigenvalue weighted by atomic mass is 9.98. The number of aromatic carboxylic acids is 1. The fourth-order valence-corrected chi connectivity index (χ4v) is 5.78. The smallest absolute Gasteiger partial charge is 0.336 e. The highest BCUT2D eigenvalue weighted by Crippen LogP contribution is 2.22. The number of carboxylic acid groups (broad SMARTS) is 1. The molecule has 7 nitrogen and oxygen atoms in total. The Balaban J connectivity index is 2.16. The molecule has 1 atom stereocenters. The van der Waals surface area contributed by atoms with Crippen molar-refractivity contribution in [1.29, 1.82) is 0 Å². The third-order valence-electron chi connectivity index (χ3n) is 5.97. The van der Waals surface area contributed by atoms with E-state index in [0.717, 1.165) is 42.8 Å². The summed E-state index contributed by atoms with van der Waals surface area (Å²) in [6.07, 6.45) is 5.92. The van der Waals surface area contributed by atoms with E-state index in [2.05, 4.69) is 51.6 Å². The van der Waals surface area contributed by atoms with Crippen LogP contribution in [0.1, 0.15) is 87.7 Å². The van der Waals surface area contributed by atoms with Gasteiger partial charge in [-0.15, -0.1) is 0 Å². The van der Waals surface area contributed by atoms with E-state index in [1.54, 1.807) is 6.07 Å². The van der Waals surface area contributed by atoms with Crippen molar-refractivity contribution >= 4 is 44.7 Å². The maximum Gasteiger partial charge on any atom is 0.336 e. The van der Waals surface area contributed by atoms with Gasteiger partial charge in [0.1, 0.15) is 5.82 Å². The molecule has 2 rings (SSSR count). The molecule has 0 radical (unpaired) electrons. The number of carbonyl (C=O) groups is 3. The maximum atomic E-state index is 13.2. The van der Waals surface area contributed by atoms with Crippen molar-refractivity contribution < 1.29 is 19.5 Å². The van der Waals surface area contributed by atoms with Gasteiger partial charge in [0.25, 0.3) is 0 Å². The molecule has 0 bridgehead atoms. The monoisotopic (exact) mass is 593 g/mol. The molecule has 0 fully saturated rings. The van der Waals surface area contributed by atoms with E-state index < -0.39 is 5.97 Å². The molecule has 37 heavy (non-hydrogen) atoms. The molecule has 1 heterocycles. The first kappa shape index (κ1) is 31.1. The first-order valence-corrected chi connectivity index (χ1v) is 14.8. The average Bonchev–Trinajstić information content (AvgIpc) is 3.19. The molecule has 1 unspecified atom stereocenters. The summed E-state index contributed by atoms with van der Waals surface area (Å²) in [6, 6.07) is 5.23. The second kappa shape index (κ2) is 15.3. The number of aromatic nitrogens is 2. The highest BCUT2D eigenvalue weighted by molar-refractivity contribution is 9.10. The molecule has 2 aromatic rings. The molecule has 0 saturated carbocycles. The SMILES string of the molecule is CCCCc1ncc(CNC(=O)C(CSC(=O)CC(C)C)CC(C)C)n1Cc1ccc(C(=O)O)c(Br)c1. The largest absolute Gasteiger partial charge is 0.478 e. The van der Waals surface area contributed by atoms with Crippen LogP contribution < -0.4 is 5.32 Å². The van der Waals surface area contributed by atoms with Crippen LogP contribution in [0.5, 0.6) is 0 Å². The Labute approximate surface area is 233 Å². The van der Waals surface area contributed by atoms with Crippen molar-refractivity contribution in [3.05, 3.63) is 51.5 Å². The maximum absolute atomic E-state index is 13.2. The lowest BCUT2D eigenvalue weighted by Gasteiger charge is -2.19. The number of nitrogens with one attached hydrogen (secondary N) is 1. The number of rotatable bonds is 15. The van der Waals surface area contributed by atoms with E-state index in [1.807, 2.05) is 32.2 Å². The number of thioether (sulfide) groups is 1. The third kappa shape index (κ3) is 10.3. The lowest BCUT2D eigenvalue weighted by molar-refractivity contribution is -0.125. The fraction of sp³-hybridized carbons (Fsp3) is 0.571. The molecule has 1 amide bonds. The highest BCUT2D eigenvalue weighted by Gasteiger charge is 2.22. The van der Waals surface area contributed by atoms with Gasteiger partial charge < -0.3 is 15.0 Å². The summed E-state index contributed by atoms with van der Waals surface area (Å²) >= 11 is 4.63. The Hall–Kier alpha value is -2.13. The molecule has 204 valence electrons. The topological polar surface area (TPSA) is 101 Å². The number of amides is 1. The molecule has 1 aromatic carbocycles. The van der Waals surface area contributed by atoms with E-state index in [9.17, 15) is 19.5 Å². The van der Waals surface area contributed by atoms with Gasteiger partial charge in [-0.05, 0) is 58.3 Å². The number of halogens is 1. The molecule has 0 aliphatic carbocycles. The van der Waals surface area contributed by atoms with E-state index in [0.29, 0.717) is 41.6 Å². The minimum Gasteiger partial charge on any atom is -0.478 e. The first-order valence-electron chi connectivity index (χ1n) is 13.0. The van der Waals surface area contributed by atoms with Crippen LogP contribution in [0.4, 0.5) is 0 Å². The summed E-state index contributed by atoms with van der Waals surface area (Å²) in [7, 11) is 0. The summed E-state index contributed by atoms with van der Waals surface area (Å²) in [4.78, 5) is 41.4. The summed E-state index contributed by atoms with van der Waals surface area (Å²) in [5.41, 5.74) is 2.05. The van der Waals surface area contributed by atoms with Crippen molar-refractivity contribution in [2.45, 2.75) is 79.8 Å². The molecule has 2 N–H and O–H groups in total. The predicted molar refractivity (Wildman–Crippen MR) is 153 cm³/mol. The lowest BCUT2D eigenvalue weighted by Crippen LogP contribution is -2.33. The fourth-order valence-electron chi connectivity index (χ4n) is 4.06. The van der Waals surface area contributed by atoms with Gasteiger partial charge in [0.2, 0.25) is 5.91 Å². The first-order chi connectivity index (χ1) is 17.5. The van der Waals surface area contributed by atoms with Gasteiger partial charge in [0.05, 0.1) is 24.0 Å². The van der Waals surface area contributed by atoms with Crippen molar-refractivity contribution in [1.82, 2.24) is 14.9 Å². The second-order valence-electron chi connectivity index (χ2n) is 10.3. The molecule has 9 heteroatoms. The molecular weight excluding hydrogens is 554 g/mol. The number of carbonyl (C=O) groups excluding carboxylic acids is 2. The van der Waals surface area contributed by atoms with Crippen LogP contribution in [0.25, 0.3) is 0 Å². The minimum atomic E-state index is -0.979. The number of benzene rings is 1. The van der Waals surface area contributed by atoms with Gasteiger partial charge >= 0.3 is 5.97 Å². The third-order valence-corrected chi connectivity index (χ3v) is 7.68. The quantitative estimate of drug-likeness (QED) is 0.250. The molecule has 0 saturated heterocycles. The van der Waals surface area contributed by atoms with Gasteiger partial charge in [0.15, 0.2) is 5.12 Å². The van der Waals surface area contributed by atoms with E-state index >= 15 is 0 Å². The van der Waals surface area contributed by atoms with Crippen LogP contribution in [-0.4, -0.2) is 37.4 Å². The van der Waals surface area contributed by atoms with Crippen molar-refractivity contribution in [2.75, 3.05) is 5.75 Å². The van der Waals surface area contributed by atoms with Crippen molar-refractivity contribution in [3.8, 4) is 0 Å². The van der Waals surface area contributed by atoms with Gasteiger partial charge in [-0.25, -0.2) is 9.78 Å². The Bertz CT molecular complexity index is 1070. The highest BCUT2D eigenvalue weighted by atomic mass is 79.9. The van der Waals surface area contributed by atoms with Gasteiger partial charge in [-0.3, -0.25) is 9.59 Å². The zero-order valence-corrected chi connectivity index (χ0v) is 25.0. The number of aryl methyl sites for hydroxylation is 1. The van der Waals surface area contributed by atoms with Crippen LogP contribution in [0, 0.1) is 17.8 Å². The Morgan fingerprint density at radius 1 is 1.16 bits per heavy atom. The van der Waals surface area contributed by atoms with Crippen molar-refractivity contribution in [3.63, 3.8) is 0 Å². The molecule has 1 aromatic heterocycles. The number of hydrogen-bond donors (Lipinski definition) is 2. The average molecular weight is 595 g/mol. The number of hydrogen-bond acceptors (Lipinski definition) is 5. The summed E-state index contributed by atoms with van der Waals surface area (Å²) in [5.74, 6) is 0.814. The zero-order chi connectivity index (χ0) is 27.5. The number of nitrogens with zero attached hydrogens (tertiary/aromatic N) is 2. The van der Waals surface area contributed by atoms with E-state index in [-0.39, 0.29) is 22.5 Å². The number of imidazole rings is 1. The van der Waals surface area contributed by atoms with E-state index in [1.165, 1.54) is 11.8 Å². The minimum absolute atomic E-state index is 0.0463. The molecule has 0 aliphatic rings. The standard InChI is InChI=1S/C28H40BrN3O4S/c1-6-7-8-25-30-14-22(32(25)16-20-9-10-23(28(35)36)24(29)13-20)15-31-27(34)21(11-18(2)3)17-37-26(33)12-19(4)5/h9-10,13-14,18-19,21H,6-8,11-12,15-17H2,1-5H3,(H,31,34)(H,35,36). The van der Waals surface area contributed by atoms with Gasteiger partial charge in [-0.2, -0.15) is 0 Å². The molecular formula is C28H40BrN3O4S. The Morgan fingerprint density at radius 3 is 2.49 bits per heavy atom. The number of unbranched alkanes of at least 4 members (excludes halogenated alkanes) is 1. The molecule has 0 spiro atoms. The van der Waals surface area contributed by atoms with E-state index in [4.69, 9.17) is 0 Å².